The number of thiophene rings is 1. The van der Waals surface area contributed by atoms with Crippen molar-refractivity contribution in [2.45, 2.75) is 0 Å². The van der Waals surface area contributed by atoms with E-state index in [4.69, 9.17) is 9.40 Å². The van der Waals surface area contributed by atoms with Crippen LogP contribution >= 0.6 is 11.3 Å². The van der Waals surface area contributed by atoms with E-state index in [9.17, 15) is 0 Å². The van der Waals surface area contributed by atoms with Crippen molar-refractivity contribution in [2.75, 3.05) is 0 Å². The van der Waals surface area contributed by atoms with Gasteiger partial charge >= 0.3 is 0 Å². The maximum Gasteiger partial charge on any atom is 0.143 e. The zero-order valence-electron chi connectivity index (χ0n) is 28.4. The molecule has 0 aliphatic rings. The minimum absolute atomic E-state index is 0.865. The summed E-state index contributed by atoms with van der Waals surface area (Å²) >= 11 is 1.82. The monoisotopic (exact) mass is 692 g/mol. The fourth-order valence-electron chi connectivity index (χ4n) is 8.60. The molecule has 12 aromatic rings. The van der Waals surface area contributed by atoms with Gasteiger partial charge in [0.25, 0.3) is 0 Å². The van der Waals surface area contributed by atoms with E-state index in [0.29, 0.717) is 0 Å². The number of benzene rings is 8. The van der Waals surface area contributed by atoms with Gasteiger partial charge in [0.2, 0.25) is 0 Å². The molecule has 0 fully saturated rings. The lowest BCUT2D eigenvalue weighted by atomic mass is 9.96. The average Bonchev–Trinajstić information content (AvgIpc) is 3.89. The second-order valence-electron chi connectivity index (χ2n) is 13.9. The highest BCUT2D eigenvalue weighted by Crippen LogP contribution is 2.46. The SMILES string of the molecule is c1ccc(-c2nc(-c3cc4c(oc5cccc(-n6c7ccccc7c7cc8ccccc8cc76)c54)c4ccccc34)cc3c2sc2ccccc23)cc1. The molecule has 0 saturated heterocycles. The molecule has 53 heavy (non-hydrogen) atoms. The van der Waals surface area contributed by atoms with Gasteiger partial charge in [-0.05, 0) is 64.7 Å². The molecule has 4 aromatic heterocycles. The van der Waals surface area contributed by atoms with Crippen LogP contribution in [0.5, 0.6) is 0 Å². The Morgan fingerprint density at radius 3 is 2.08 bits per heavy atom. The summed E-state index contributed by atoms with van der Waals surface area (Å²) < 4.78 is 11.8. The molecule has 0 bridgehead atoms. The highest BCUT2D eigenvalue weighted by molar-refractivity contribution is 7.26. The lowest BCUT2D eigenvalue weighted by Gasteiger charge is -2.12. The summed E-state index contributed by atoms with van der Waals surface area (Å²) in [7, 11) is 0. The summed E-state index contributed by atoms with van der Waals surface area (Å²) in [5.41, 5.74) is 9.38. The van der Waals surface area contributed by atoms with E-state index in [0.717, 1.165) is 60.9 Å². The minimum atomic E-state index is 0.865. The van der Waals surface area contributed by atoms with Gasteiger partial charge in [-0.2, -0.15) is 0 Å². The number of hydrogen-bond donors (Lipinski definition) is 0. The number of rotatable bonds is 3. The Hall–Kier alpha value is -6.75. The number of furan rings is 1. The lowest BCUT2D eigenvalue weighted by Crippen LogP contribution is -1.95. The van der Waals surface area contributed by atoms with E-state index in [1.807, 2.05) is 11.3 Å². The summed E-state index contributed by atoms with van der Waals surface area (Å²) in [5.74, 6) is 0. The zero-order chi connectivity index (χ0) is 34.6. The number of hydrogen-bond acceptors (Lipinski definition) is 3. The van der Waals surface area contributed by atoms with Crippen LogP contribution in [0, 0.1) is 0 Å². The van der Waals surface area contributed by atoms with E-state index in [2.05, 4.69) is 174 Å². The molecule has 4 heteroatoms. The molecule has 0 spiro atoms. The van der Waals surface area contributed by atoms with Crippen LogP contribution in [0.2, 0.25) is 0 Å². The van der Waals surface area contributed by atoms with Crippen LogP contribution in [0.25, 0.3) is 114 Å². The molecule has 0 unspecified atom stereocenters. The Balaban J connectivity index is 1.21. The molecule has 0 saturated carbocycles. The smallest absolute Gasteiger partial charge is 0.143 e. The maximum atomic E-state index is 6.87. The second-order valence-corrected chi connectivity index (χ2v) is 14.9. The van der Waals surface area contributed by atoms with E-state index >= 15 is 0 Å². The number of aromatic nitrogens is 2. The van der Waals surface area contributed by atoms with E-state index in [1.54, 1.807) is 0 Å². The quantitative estimate of drug-likeness (QED) is 0.185. The molecule has 0 N–H and O–H groups in total. The van der Waals surface area contributed by atoms with Crippen molar-refractivity contribution in [1.29, 1.82) is 0 Å². The van der Waals surface area contributed by atoms with Crippen LogP contribution in [-0.2, 0) is 0 Å². The van der Waals surface area contributed by atoms with Gasteiger partial charge in [-0.1, -0.05) is 121 Å². The number of para-hydroxylation sites is 1. The Bertz CT molecular complexity index is 3460. The molecule has 12 rings (SSSR count). The topological polar surface area (TPSA) is 31.0 Å². The fourth-order valence-corrected chi connectivity index (χ4v) is 9.79. The standard InChI is InChI=1S/C49H28N2OS/c1-2-13-29(14-3-1)47-49-38(34-19-9-11-24-45(34)53-49)28-40(50-47)36-27-39-46-42(22-12-23-44(46)52-48(39)35-20-7-6-17-32(35)36)51-41-21-10-8-18-33(41)37-25-30-15-4-5-16-31(30)26-43(37)51/h1-28H. The summed E-state index contributed by atoms with van der Waals surface area (Å²) in [5, 5.41) is 11.8. The predicted molar refractivity (Wildman–Crippen MR) is 225 cm³/mol. The fraction of sp³-hybridized carbons (Fsp3) is 0. The van der Waals surface area contributed by atoms with Gasteiger partial charge in [-0.25, -0.2) is 4.98 Å². The van der Waals surface area contributed by atoms with Crippen LogP contribution in [0.15, 0.2) is 174 Å². The number of fused-ring (bicyclic) bond motifs is 12. The first-order valence-electron chi connectivity index (χ1n) is 18.0. The van der Waals surface area contributed by atoms with Crippen molar-refractivity contribution < 1.29 is 4.42 Å². The molecule has 8 aromatic carbocycles. The molecule has 0 amide bonds. The van der Waals surface area contributed by atoms with Crippen molar-refractivity contribution in [2.24, 2.45) is 0 Å². The molecule has 0 aliphatic carbocycles. The Kier molecular flexibility index (Phi) is 5.93. The molecule has 0 aliphatic heterocycles. The van der Waals surface area contributed by atoms with Gasteiger partial charge in [0.1, 0.15) is 11.2 Å². The summed E-state index contributed by atoms with van der Waals surface area (Å²) in [4.78, 5) is 5.52. The van der Waals surface area contributed by atoms with Gasteiger partial charge in [-0.3, -0.25) is 0 Å². The maximum absolute atomic E-state index is 6.87. The van der Waals surface area contributed by atoms with Crippen LogP contribution in [0.1, 0.15) is 0 Å². The summed E-state index contributed by atoms with van der Waals surface area (Å²) in [6.07, 6.45) is 0. The third kappa shape index (κ3) is 4.12. The molecule has 246 valence electrons. The van der Waals surface area contributed by atoms with Gasteiger partial charge in [0.15, 0.2) is 0 Å². The first-order valence-corrected chi connectivity index (χ1v) is 18.8. The molecule has 4 heterocycles. The molecule has 0 radical (unpaired) electrons. The molecular weight excluding hydrogens is 665 g/mol. The summed E-state index contributed by atoms with van der Waals surface area (Å²) in [6, 6.07) is 61.1. The van der Waals surface area contributed by atoms with Gasteiger partial charge < -0.3 is 8.98 Å². The van der Waals surface area contributed by atoms with Crippen molar-refractivity contribution in [3.8, 4) is 28.2 Å². The molecule has 0 atom stereocenters. The third-order valence-corrected chi connectivity index (χ3v) is 12.1. The van der Waals surface area contributed by atoms with Crippen molar-refractivity contribution >= 4 is 96.8 Å². The Morgan fingerprint density at radius 1 is 0.491 bits per heavy atom. The average molecular weight is 693 g/mol. The zero-order valence-corrected chi connectivity index (χ0v) is 29.2. The minimum Gasteiger partial charge on any atom is -0.455 e. The van der Waals surface area contributed by atoms with Crippen molar-refractivity contribution in [1.82, 2.24) is 9.55 Å². The first kappa shape index (κ1) is 28.9. The van der Waals surface area contributed by atoms with E-state index < -0.39 is 0 Å². The van der Waals surface area contributed by atoms with Crippen LogP contribution < -0.4 is 0 Å². The number of pyridine rings is 1. The van der Waals surface area contributed by atoms with Crippen LogP contribution in [-0.4, -0.2) is 9.55 Å². The van der Waals surface area contributed by atoms with E-state index in [1.165, 1.54) is 52.8 Å². The predicted octanol–water partition coefficient (Wildman–Crippen LogP) is 14.1. The lowest BCUT2D eigenvalue weighted by molar-refractivity contribution is 0.672. The summed E-state index contributed by atoms with van der Waals surface area (Å²) in [6.45, 7) is 0. The first-order chi connectivity index (χ1) is 26.3. The Labute approximate surface area is 307 Å². The van der Waals surface area contributed by atoms with Crippen LogP contribution in [0.4, 0.5) is 0 Å². The van der Waals surface area contributed by atoms with E-state index in [-0.39, 0.29) is 0 Å². The largest absolute Gasteiger partial charge is 0.455 e. The van der Waals surface area contributed by atoms with Crippen molar-refractivity contribution in [3.05, 3.63) is 170 Å². The van der Waals surface area contributed by atoms with Gasteiger partial charge in [-0.15, -0.1) is 11.3 Å². The highest BCUT2D eigenvalue weighted by Gasteiger charge is 2.22. The van der Waals surface area contributed by atoms with Crippen LogP contribution in [0.3, 0.4) is 0 Å². The van der Waals surface area contributed by atoms with Gasteiger partial charge in [0, 0.05) is 48.1 Å². The third-order valence-electron chi connectivity index (χ3n) is 10.9. The molecule has 3 nitrogen and oxygen atoms in total. The van der Waals surface area contributed by atoms with Gasteiger partial charge in [0.05, 0.1) is 38.2 Å². The normalized spacial score (nSPS) is 12.2. The number of nitrogens with zero attached hydrogens (tertiary/aromatic N) is 2. The van der Waals surface area contributed by atoms with Crippen molar-refractivity contribution in [3.63, 3.8) is 0 Å². The molecular formula is C49H28N2OS. The second kappa shape index (κ2) is 10.9. The highest BCUT2D eigenvalue weighted by atomic mass is 32.1. The Morgan fingerprint density at radius 2 is 1.21 bits per heavy atom.